The molecule has 10 nitrogen and oxygen atoms in total. The number of piperidine rings is 1. The average Bonchev–Trinajstić information content (AvgIpc) is 2.82. The predicted molar refractivity (Wildman–Crippen MR) is 123 cm³/mol. The summed E-state index contributed by atoms with van der Waals surface area (Å²) >= 11 is 0. The average molecular weight is 435 g/mol. The van der Waals surface area contributed by atoms with Gasteiger partial charge in [0.1, 0.15) is 6.33 Å². The van der Waals surface area contributed by atoms with Crippen LogP contribution in [-0.2, 0) is 0 Å². The van der Waals surface area contributed by atoms with Crippen LogP contribution in [0.5, 0.6) is 0 Å². The normalized spacial score (nSPS) is 14.1. The highest BCUT2D eigenvalue weighted by atomic mass is 16.6. The molecule has 0 aliphatic carbocycles. The van der Waals surface area contributed by atoms with Crippen molar-refractivity contribution in [1.29, 1.82) is 0 Å². The topological polar surface area (TPSA) is 125 Å². The first-order chi connectivity index (χ1) is 15.6. The Bertz CT molecular complexity index is 1110. The number of rotatable bonds is 8. The van der Waals surface area contributed by atoms with E-state index in [1.54, 1.807) is 12.1 Å². The highest BCUT2D eigenvalue weighted by molar-refractivity contribution is 6.07. The third kappa shape index (κ3) is 4.92. The van der Waals surface area contributed by atoms with Gasteiger partial charge < -0.3 is 10.2 Å². The van der Waals surface area contributed by atoms with Gasteiger partial charge >= 0.3 is 5.69 Å². The van der Waals surface area contributed by atoms with E-state index in [4.69, 9.17) is 0 Å². The molecule has 0 unspecified atom stereocenters. The lowest BCUT2D eigenvalue weighted by atomic mass is 10.0. The summed E-state index contributed by atoms with van der Waals surface area (Å²) < 4.78 is 0. The molecule has 1 amide bonds. The third-order valence-corrected chi connectivity index (χ3v) is 5.50. The fourth-order valence-corrected chi connectivity index (χ4v) is 3.89. The van der Waals surface area contributed by atoms with E-state index in [0.29, 0.717) is 12.1 Å². The summed E-state index contributed by atoms with van der Waals surface area (Å²) in [5.74, 6) is -0.391. The van der Waals surface area contributed by atoms with Gasteiger partial charge in [-0.25, -0.2) is 9.97 Å². The molecule has 0 spiro atoms. The van der Waals surface area contributed by atoms with Gasteiger partial charge in [-0.05, 0) is 42.8 Å². The van der Waals surface area contributed by atoms with Crippen molar-refractivity contribution in [3.8, 4) is 0 Å². The fourth-order valence-electron chi connectivity index (χ4n) is 3.89. The number of hydrazine groups is 1. The Morgan fingerprint density at radius 3 is 2.59 bits per heavy atom. The number of benzene rings is 2. The van der Waals surface area contributed by atoms with Gasteiger partial charge in [0, 0.05) is 18.7 Å². The van der Waals surface area contributed by atoms with Gasteiger partial charge in [0.05, 0.1) is 4.92 Å². The zero-order valence-corrected chi connectivity index (χ0v) is 17.6. The standard InChI is InChI=1S/C22H25N7O3/c30-22(18-10-6-8-16-7-2-3-9-17(16)18)27-26-21-19(29(31)32)20(24-15-25-21)23-11-14-28-12-4-1-5-13-28/h2-3,6-10,15H,1,4-5,11-14H2,(H,27,30)(H2,23,24,25,26). The molecule has 4 rings (SSSR count). The Morgan fingerprint density at radius 1 is 1.03 bits per heavy atom. The maximum atomic E-state index is 12.7. The summed E-state index contributed by atoms with van der Waals surface area (Å²) in [6.07, 6.45) is 4.83. The fraction of sp³-hybridized carbons (Fsp3) is 0.318. The van der Waals surface area contributed by atoms with E-state index in [0.717, 1.165) is 30.4 Å². The molecule has 0 radical (unpaired) electrons. The number of nitrogens with zero attached hydrogens (tertiary/aromatic N) is 4. The summed E-state index contributed by atoms with van der Waals surface area (Å²) in [5.41, 5.74) is 5.25. The molecule has 166 valence electrons. The van der Waals surface area contributed by atoms with Gasteiger partial charge in [0.25, 0.3) is 5.91 Å². The number of anilines is 2. The molecule has 3 N–H and O–H groups in total. The Morgan fingerprint density at radius 2 is 1.78 bits per heavy atom. The quantitative estimate of drug-likeness (QED) is 0.364. The lowest BCUT2D eigenvalue weighted by Crippen LogP contribution is -2.34. The van der Waals surface area contributed by atoms with Gasteiger partial charge in [-0.3, -0.25) is 25.8 Å². The molecule has 1 aliphatic rings. The Balaban J connectivity index is 1.45. The zero-order chi connectivity index (χ0) is 22.3. The lowest BCUT2D eigenvalue weighted by Gasteiger charge is -2.26. The summed E-state index contributed by atoms with van der Waals surface area (Å²) in [5, 5.41) is 16.5. The van der Waals surface area contributed by atoms with Gasteiger partial charge in [-0.15, -0.1) is 0 Å². The maximum Gasteiger partial charge on any atom is 0.354 e. The van der Waals surface area contributed by atoms with Gasteiger partial charge in [0.2, 0.25) is 11.6 Å². The van der Waals surface area contributed by atoms with Crippen molar-refractivity contribution < 1.29 is 9.72 Å². The van der Waals surface area contributed by atoms with E-state index in [1.165, 1.54) is 25.6 Å². The van der Waals surface area contributed by atoms with Crippen molar-refractivity contribution in [2.75, 3.05) is 36.9 Å². The highest BCUT2D eigenvalue weighted by Gasteiger charge is 2.24. The SMILES string of the molecule is O=C(NNc1ncnc(NCCN2CCCCC2)c1[N+](=O)[O-])c1cccc2ccccc12. The van der Waals surface area contributed by atoms with Crippen molar-refractivity contribution in [2.24, 2.45) is 0 Å². The number of fused-ring (bicyclic) bond motifs is 1. The molecule has 0 bridgehead atoms. The molecule has 0 atom stereocenters. The van der Waals surface area contributed by atoms with Crippen LogP contribution < -0.4 is 16.2 Å². The molecule has 10 heteroatoms. The highest BCUT2D eigenvalue weighted by Crippen LogP contribution is 2.28. The molecule has 1 aliphatic heterocycles. The monoisotopic (exact) mass is 435 g/mol. The van der Waals surface area contributed by atoms with Gasteiger partial charge in [-0.2, -0.15) is 0 Å². The van der Waals surface area contributed by atoms with E-state index in [-0.39, 0.29) is 17.3 Å². The summed E-state index contributed by atoms with van der Waals surface area (Å²) in [7, 11) is 0. The largest absolute Gasteiger partial charge is 0.363 e. The molecular formula is C22H25N7O3. The molecule has 0 saturated carbocycles. The number of aromatic nitrogens is 2. The number of likely N-dealkylation sites (tertiary alicyclic amines) is 1. The number of nitro groups is 1. The van der Waals surface area contributed by atoms with Crippen LogP contribution in [0.15, 0.2) is 48.8 Å². The van der Waals surface area contributed by atoms with E-state index >= 15 is 0 Å². The molecule has 3 aromatic rings. The minimum Gasteiger partial charge on any atom is -0.363 e. The van der Waals surface area contributed by atoms with Crippen LogP contribution in [0.2, 0.25) is 0 Å². The van der Waals surface area contributed by atoms with Crippen LogP contribution in [-0.4, -0.2) is 51.9 Å². The number of carbonyl (C=O) groups is 1. The molecule has 1 fully saturated rings. The van der Waals surface area contributed by atoms with Crippen molar-refractivity contribution in [3.63, 3.8) is 0 Å². The number of carbonyl (C=O) groups excluding carboxylic acids is 1. The number of nitrogens with one attached hydrogen (secondary N) is 3. The van der Waals surface area contributed by atoms with E-state index < -0.39 is 10.8 Å². The minimum atomic E-state index is -0.560. The van der Waals surface area contributed by atoms with Crippen molar-refractivity contribution in [3.05, 3.63) is 64.5 Å². The van der Waals surface area contributed by atoms with Crippen LogP contribution in [0.4, 0.5) is 17.3 Å². The summed E-state index contributed by atoms with van der Waals surface area (Å²) in [6.45, 7) is 3.39. The Kier molecular flexibility index (Phi) is 6.71. The second-order valence-corrected chi connectivity index (χ2v) is 7.61. The molecule has 32 heavy (non-hydrogen) atoms. The van der Waals surface area contributed by atoms with Crippen LogP contribution in [0, 0.1) is 10.1 Å². The predicted octanol–water partition coefficient (Wildman–Crippen LogP) is 3.19. The minimum absolute atomic E-state index is 0.0842. The summed E-state index contributed by atoms with van der Waals surface area (Å²) in [6, 6.07) is 12.9. The molecule has 1 aromatic heterocycles. The molecule has 1 saturated heterocycles. The first-order valence-electron chi connectivity index (χ1n) is 10.6. The van der Waals surface area contributed by atoms with Gasteiger partial charge in [0.15, 0.2) is 0 Å². The maximum absolute atomic E-state index is 12.7. The van der Waals surface area contributed by atoms with Crippen LogP contribution in [0.25, 0.3) is 10.8 Å². The third-order valence-electron chi connectivity index (χ3n) is 5.50. The second kappa shape index (κ2) is 10.0. The lowest BCUT2D eigenvalue weighted by molar-refractivity contribution is -0.383. The van der Waals surface area contributed by atoms with E-state index in [2.05, 4.69) is 31.0 Å². The number of amides is 1. The van der Waals surface area contributed by atoms with E-state index in [1.807, 2.05) is 30.3 Å². The molecule has 2 heterocycles. The van der Waals surface area contributed by atoms with Crippen molar-refractivity contribution >= 4 is 34.0 Å². The van der Waals surface area contributed by atoms with Crippen LogP contribution in [0.3, 0.4) is 0 Å². The molecule has 2 aromatic carbocycles. The Hall–Kier alpha value is -3.79. The smallest absolute Gasteiger partial charge is 0.354 e. The summed E-state index contributed by atoms with van der Waals surface area (Å²) in [4.78, 5) is 34.2. The van der Waals surface area contributed by atoms with Crippen molar-refractivity contribution in [1.82, 2.24) is 20.3 Å². The van der Waals surface area contributed by atoms with E-state index in [9.17, 15) is 14.9 Å². The first-order valence-corrected chi connectivity index (χ1v) is 10.6. The Labute approximate surface area is 185 Å². The number of hydrogen-bond donors (Lipinski definition) is 3. The van der Waals surface area contributed by atoms with Crippen molar-refractivity contribution in [2.45, 2.75) is 19.3 Å². The molecular weight excluding hydrogens is 410 g/mol. The van der Waals surface area contributed by atoms with Crippen LogP contribution >= 0.6 is 0 Å². The second-order valence-electron chi connectivity index (χ2n) is 7.61. The first kappa shape index (κ1) is 21.4. The van der Waals surface area contributed by atoms with Crippen LogP contribution in [0.1, 0.15) is 29.6 Å². The van der Waals surface area contributed by atoms with Gasteiger partial charge in [-0.1, -0.05) is 42.8 Å². The number of hydrogen-bond acceptors (Lipinski definition) is 8. The zero-order valence-electron chi connectivity index (χ0n) is 17.6.